The van der Waals surface area contributed by atoms with E-state index in [9.17, 15) is 4.79 Å². The van der Waals surface area contributed by atoms with E-state index in [4.69, 9.17) is 16.3 Å². The molecule has 1 aromatic heterocycles. The number of carbonyl (C=O) groups is 1. The lowest BCUT2D eigenvalue weighted by atomic mass is 10.00. The number of carbonyl (C=O) groups excluding carboxylic acids is 1. The molecule has 0 saturated heterocycles. The molecule has 0 aliphatic carbocycles. The third-order valence-electron chi connectivity index (χ3n) is 1.71. The highest BCUT2D eigenvalue weighted by molar-refractivity contribution is 6.61. The highest BCUT2D eigenvalue weighted by Crippen LogP contribution is 2.24. The van der Waals surface area contributed by atoms with Gasteiger partial charge in [0, 0.05) is 24.0 Å². The minimum atomic E-state index is -0.804. The fraction of sp³-hybridized carbons (Fsp3) is 0.333. The van der Waals surface area contributed by atoms with Crippen molar-refractivity contribution in [1.29, 1.82) is 0 Å². The second-order valence-electron chi connectivity index (χ2n) is 3.09. The zero-order chi connectivity index (χ0) is 9.90. The van der Waals surface area contributed by atoms with E-state index < -0.39 is 11.0 Å². The molecule has 3 nitrogen and oxygen atoms in total. The predicted molar refractivity (Wildman–Crippen MR) is 49.6 cm³/mol. The van der Waals surface area contributed by atoms with Gasteiger partial charge in [-0.15, -0.1) is 0 Å². The summed E-state index contributed by atoms with van der Waals surface area (Å²) in [5.41, 5.74) is -0.653. The maximum atomic E-state index is 10.6. The Morgan fingerprint density at radius 3 is 2.46 bits per heavy atom. The van der Waals surface area contributed by atoms with Crippen molar-refractivity contribution in [3.63, 3.8) is 0 Å². The Balaban J connectivity index is 2.87. The standard InChI is InChI=1S/C9H10ClNO2/c1-9(2,13-8(10)12)7-3-5-11-6-4-7/h3-6H,1-2H3. The maximum Gasteiger partial charge on any atom is 0.404 e. The van der Waals surface area contributed by atoms with Crippen LogP contribution in [0.15, 0.2) is 24.5 Å². The number of aromatic nitrogens is 1. The molecule has 0 atom stereocenters. The molecule has 1 heterocycles. The average Bonchev–Trinajstić information content (AvgIpc) is 2.04. The van der Waals surface area contributed by atoms with Crippen molar-refractivity contribution in [3.05, 3.63) is 30.1 Å². The van der Waals surface area contributed by atoms with Crippen molar-refractivity contribution in [2.45, 2.75) is 19.4 Å². The van der Waals surface area contributed by atoms with Crippen LogP contribution in [0.1, 0.15) is 19.4 Å². The normalized spacial score (nSPS) is 11.0. The van der Waals surface area contributed by atoms with Crippen molar-refractivity contribution in [3.8, 4) is 0 Å². The SMILES string of the molecule is CC(C)(OC(=O)Cl)c1ccncc1. The van der Waals surface area contributed by atoms with Gasteiger partial charge in [0.15, 0.2) is 0 Å². The minimum Gasteiger partial charge on any atom is -0.443 e. The molecule has 0 radical (unpaired) electrons. The number of halogens is 1. The first-order valence-corrected chi connectivity index (χ1v) is 4.19. The molecule has 0 amide bonds. The molecule has 0 fully saturated rings. The summed E-state index contributed by atoms with van der Waals surface area (Å²) in [5, 5.41) is 0. The predicted octanol–water partition coefficient (Wildman–Crippen LogP) is 2.69. The summed E-state index contributed by atoms with van der Waals surface area (Å²) in [6, 6.07) is 3.56. The fourth-order valence-corrected chi connectivity index (χ4v) is 1.21. The Morgan fingerprint density at radius 2 is 2.00 bits per heavy atom. The molecule has 13 heavy (non-hydrogen) atoms. The van der Waals surface area contributed by atoms with E-state index in [0.717, 1.165) is 5.56 Å². The summed E-state index contributed by atoms with van der Waals surface area (Å²) < 4.78 is 4.92. The zero-order valence-electron chi connectivity index (χ0n) is 7.45. The third kappa shape index (κ3) is 2.70. The highest BCUT2D eigenvalue weighted by atomic mass is 35.5. The highest BCUT2D eigenvalue weighted by Gasteiger charge is 2.24. The van der Waals surface area contributed by atoms with Gasteiger partial charge in [-0.3, -0.25) is 4.98 Å². The van der Waals surface area contributed by atoms with Gasteiger partial charge in [0.05, 0.1) is 0 Å². The van der Waals surface area contributed by atoms with E-state index in [2.05, 4.69) is 4.98 Å². The fourth-order valence-electron chi connectivity index (χ4n) is 1.01. The van der Waals surface area contributed by atoms with Crippen LogP contribution in [-0.2, 0) is 10.3 Å². The summed E-state index contributed by atoms with van der Waals surface area (Å²) >= 11 is 5.14. The lowest BCUT2D eigenvalue weighted by Gasteiger charge is -2.23. The van der Waals surface area contributed by atoms with Gasteiger partial charge in [-0.2, -0.15) is 0 Å². The Morgan fingerprint density at radius 1 is 1.46 bits per heavy atom. The first kappa shape index (κ1) is 9.99. The number of pyridine rings is 1. The summed E-state index contributed by atoms with van der Waals surface area (Å²) in [4.78, 5) is 14.4. The molecule has 0 N–H and O–H groups in total. The minimum absolute atomic E-state index is 0.707. The van der Waals surface area contributed by atoms with E-state index in [0.29, 0.717) is 0 Å². The molecule has 1 rings (SSSR count). The lowest BCUT2D eigenvalue weighted by Crippen LogP contribution is -2.22. The van der Waals surface area contributed by atoms with Gasteiger partial charge < -0.3 is 4.74 Å². The Kier molecular flexibility index (Phi) is 2.88. The van der Waals surface area contributed by atoms with Crippen molar-refractivity contribution < 1.29 is 9.53 Å². The van der Waals surface area contributed by atoms with Gasteiger partial charge in [0.25, 0.3) is 0 Å². The van der Waals surface area contributed by atoms with E-state index in [-0.39, 0.29) is 0 Å². The number of nitrogens with zero attached hydrogens (tertiary/aromatic N) is 1. The average molecular weight is 200 g/mol. The number of ether oxygens (including phenoxy) is 1. The van der Waals surface area contributed by atoms with Crippen molar-refractivity contribution in [2.75, 3.05) is 0 Å². The Hall–Kier alpha value is -1.09. The van der Waals surface area contributed by atoms with Crippen molar-refractivity contribution >= 4 is 17.0 Å². The second kappa shape index (κ2) is 3.75. The van der Waals surface area contributed by atoms with Crippen molar-refractivity contribution in [2.24, 2.45) is 0 Å². The molecule has 0 aromatic carbocycles. The van der Waals surface area contributed by atoms with Gasteiger partial charge in [-0.05, 0) is 31.5 Å². The van der Waals surface area contributed by atoms with Crippen molar-refractivity contribution in [1.82, 2.24) is 4.98 Å². The Bertz CT molecular complexity index is 298. The molecule has 0 aliphatic heterocycles. The molecule has 0 bridgehead atoms. The third-order valence-corrected chi connectivity index (χ3v) is 1.79. The van der Waals surface area contributed by atoms with Gasteiger partial charge in [-0.1, -0.05) is 0 Å². The van der Waals surface area contributed by atoms with Crippen LogP contribution in [0, 0.1) is 0 Å². The van der Waals surface area contributed by atoms with Gasteiger partial charge >= 0.3 is 5.43 Å². The van der Waals surface area contributed by atoms with Crippen LogP contribution >= 0.6 is 11.6 Å². The van der Waals surface area contributed by atoms with E-state index in [1.54, 1.807) is 38.4 Å². The first-order valence-electron chi connectivity index (χ1n) is 3.81. The summed E-state index contributed by atoms with van der Waals surface area (Å²) in [6.07, 6.45) is 3.28. The quantitative estimate of drug-likeness (QED) is 0.688. The van der Waals surface area contributed by atoms with Gasteiger partial charge in [0.2, 0.25) is 0 Å². The largest absolute Gasteiger partial charge is 0.443 e. The molecule has 0 aliphatic rings. The molecule has 0 saturated carbocycles. The second-order valence-corrected chi connectivity index (χ2v) is 3.39. The monoisotopic (exact) mass is 199 g/mol. The van der Waals surface area contributed by atoms with Crippen LogP contribution in [0.25, 0.3) is 0 Å². The van der Waals surface area contributed by atoms with Crippen LogP contribution in [-0.4, -0.2) is 10.4 Å². The molecule has 1 aromatic rings. The number of rotatable bonds is 2. The summed E-state index contributed by atoms with van der Waals surface area (Å²) in [7, 11) is 0. The number of hydrogen-bond acceptors (Lipinski definition) is 3. The van der Waals surface area contributed by atoms with E-state index in [1.165, 1.54) is 0 Å². The topological polar surface area (TPSA) is 39.2 Å². The molecule has 4 heteroatoms. The maximum absolute atomic E-state index is 10.6. The van der Waals surface area contributed by atoms with E-state index in [1.807, 2.05) is 0 Å². The Labute approximate surface area is 81.7 Å². The van der Waals surface area contributed by atoms with Crippen LogP contribution in [0.4, 0.5) is 4.79 Å². The van der Waals surface area contributed by atoms with Crippen LogP contribution < -0.4 is 0 Å². The lowest BCUT2D eigenvalue weighted by molar-refractivity contribution is 0.0551. The van der Waals surface area contributed by atoms with Crippen LogP contribution in [0.2, 0.25) is 0 Å². The zero-order valence-corrected chi connectivity index (χ0v) is 8.21. The smallest absolute Gasteiger partial charge is 0.404 e. The molecule has 0 unspecified atom stereocenters. The van der Waals surface area contributed by atoms with Gasteiger partial charge in [-0.25, -0.2) is 4.79 Å². The number of hydrogen-bond donors (Lipinski definition) is 0. The first-order chi connectivity index (χ1) is 6.02. The molecule has 70 valence electrons. The molecular weight excluding hydrogens is 190 g/mol. The van der Waals surface area contributed by atoms with E-state index >= 15 is 0 Å². The molecule has 0 spiro atoms. The van der Waals surface area contributed by atoms with Crippen LogP contribution in [0.3, 0.4) is 0 Å². The van der Waals surface area contributed by atoms with Crippen LogP contribution in [0.5, 0.6) is 0 Å². The summed E-state index contributed by atoms with van der Waals surface area (Å²) in [5.74, 6) is 0. The molecular formula is C9H10ClNO2. The summed E-state index contributed by atoms with van der Waals surface area (Å²) in [6.45, 7) is 3.53. The van der Waals surface area contributed by atoms with Gasteiger partial charge in [0.1, 0.15) is 5.60 Å².